The maximum Gasteiger partial charge on any atom is 0.127 e. The Kier molecular flexibility index (Phi) is 6.45. The second kappa shape index (κ2) is 8.57. The number of hydrogen-bond acceptors (Lipinski definition) is 1. The molecule has 0 radical (unpaired) electrons. The molecule has 22 heavy (non-hydrogen) atoms. The molecule has 1 nitrogen and oxygen atoms in total. The topological polar surface area (TPSA) is 9.23 Å². The molecule has 0 aromatic heterocycles. The van der Waals surface area contributed by atoms with Crippen LogP contribution < -0.4 is 4.74 Å². The van der Waals surface area contributed by atoms with Crippen LogP contribution in [-0.4, -0.2) is 0 Å². The summed E-state index contributed by atoms with van der Waals surface area (Å²) in [5.41, 5.74) is 1.30. The van der Waals surface area contributed by atoms with Crippen molar-refractivity contribution in [1.82, 2.24) is 0 Å². The third-order valence-corrected chi connectivity index (χ3v) is 4.18. The standard InChI is InChI=1S/C20H25FO/c1-3-16(4-2)7-5-8-17-9-6-10-20(15-17)22-19-13-11-18(21)12-14-19/h6,9-16H,3-5,7-8H2,1-2H3. The highest BCUT2D eigenvalue weighted by Gasteiger charge is 2.04. The van der Waals surface area contributed by atoms with E-state index in [1.54, 1.807) is 12.1 Å². The largest absolute Gasteiger partial charge is 0.457 e. The molecule has 0 bridgehead atoms. The second-order valence-electron chi connectivity index (χ2n) is 5.78. The van der Waals surface area contributed by atoms with Gasteiger partial charge in [-0.2, -0.15) is 0 Å². The summed E-state index contributed by atoms with van der Waals surface area (Å²) in [7, 11) is 0. The van der Waals surface area contributed by atoms with E-state index in [1.165, 1.54) is 43.4 Å². The van der Waals surface area contributed by atoms with Gasteiger partial charge in [0.15, 0.2) is 0 Å². The average Bonchev–Trinajstić information content (AvgIpc) is 2.54. The molecule has 0 amide bonds. The average molecular weight is 300 g/mol. The molecule has 0 aliphatic rings. The first-order chi connectivity index (χ1) is 10.7. The van der Waals surface area contributed by atoms with E-state index in [4.69, 9.17) is 4.74 Å². The molecule has 0 spiro atoms. The molecule has 0 unspecified atom stereocenters. The Balaban J connectivity index is 1.90. The van der Waals surface area contributed by atoms with Gasteiger partial charge in [0.1, 0.15) is 17.3 Å². The minimum atomic E-state index is -0.248. The molecule has 0 heterocycles. The third-order valence-electron chi connectivity index (χ3n) is 4.18. The minimum absolute atomic E-state index is 0.248. The normalized spacial score (nSPS) is 10.9. The zero-order valence-corrected chi connectivity index (χ0v) is 13.5. The van der Waals surface area contributed by atoms with E-state index >= 15 is 0 Å². The Labute approximate surface area is 133 Å². The Hall–Kier alpha value is -1.83. The van der Waals surface area contributed by atoms with Gasteiger partial charge in [-0.05, 0) is 60.7 Å². The van der Waals surface area contributed by atoms with Crippen LogP contribution in [0, 0.1) is 11.7 Å². The second-order valence-corrected chi connectivity index (χ2v) is 5.78. The van der Waals surface area contributed by atoms with E-state index in [9.17, 15) is 4.39 Å². The molecule has 2 aromatic rings. The summed E-state index contributed by atoms with van der Waals surface area (Å²) in [6, 6.07) is 14.3. The smallest absolute Gasteiger partial charge is 0.127 e. The Morgan fingerprint density at radius 1 is 0.955 bits per heavy atom. The van der Waals surface area contributed by atoms with Crippen LogP contribution in [0.15, 0.2) is 48.5 Å². The number of rotatable bonds is 8. The number of halogens is 1. The molecule has 2 heteroatoms. The molecule has 0 N–H and O–H groups in total. The molecule has 0 aliphatic carbocycles. The van der Waals surface area contributed by atoms with E-state index in [2.05, 4.69) is 26.0 Å². The predicted molar refractivity (Wildman–Crippen MR) is 89.9 cm³/mol. The van der Waals surface area contributed by atoms with Gasteiger partial charge in [0.05, 0.1) is 0 Å². The zero-order chi connectivity index (χ0) is 15.8. The lowest BCUT2D eigenvalue weighted by Gasteiger charge is -2.12. The molecule has 2 rings (SSSR count). The van der Waals surface area contributed by atoms with Gasteiger partial charge in [-0.15, -0.1) is 0 Å². The molecule has 0 fully saturated rings. The van der Waals surface area contributed by atoms with Crippen LogP contribution in [0.2, 0.25) is 0 Å². The van der Waals surface area contributed by atoms with Gasteiger partial charge in [-0.3, -0.25) is 0 Å². The Morgan fingerprint density at radius 3 is 2.36 bits per heavy atom. The zero-order valence-electron chi connectivity index (χ0n) is 13.5. The fourth-order valence-corrected chi connectivity index (χ4v) is 2.69. The van der Waals surface area contributed by atoms with Gasteiger partial charge in [0.2, 0.25) is 0 Å². The van der Waals surface area contributed by atoms with Crippen LogP contribution >= 0.6 is 0 Å². The highest BCUT2D eigenvalue weighted by Crippen LogP contribution is 2.24. The Morgan fingerprint density at radius 2 is 1.68 bits per heavy atom. The quantitative estimate of drug-likeness (QED) is 0.550. The molecular weight excluding hydrogens is 275 g/mol. The van der Waals surface area contributed by atoms with Crippen molar-refractivity contribution in [2.45, 2.75) is 46.0 Å². The number of aryl methyl sites for hydroxylation is 1. The van der Waals surface area contributed by atoms with Crippen molar-refractivity contribution in [3.63, 3.8) is 0 Å². The third kappa shape index (κ3) is 5.18. The van der Waals surface area contributed by atoms with E-state index in [0.29, 0.717) is 5.75 Å². The van der Waals surface area contributed by atoms with Crippen molar-refractivity contribution in [3.05, 3.63) is 59.9 Å². The summed E-state index contributed by atoms with van der Waals surface area (Å²) in [6.45, 7) is 4.54. The first kappa shape index (κ1) is 16.5. The van der Waals surface area contributed by atoms with Crippen LogP contribution in [0.5, 0.6) is 11.5 Å². The van der Waals surface area contributed by atoms with Crippen molar-refractivity contribution < 1.29 is 9.13 Å². The van der Waals surface area contributed by atoms with Crippen molar-refractivity contribution >= 4 is 0 Å². The lowest BCUT2D eigenvalue weighted by atomic mass is 9.95. The van der Waals surface area contributed by atoms with E-state index in [0.717, 1.165) is 18.1 Å². The number of ether oxygens (including phenoxy) is 1. The van der Waals surface area contributed by atoms with Crippen LogP contribution in [-0.2, 0) is 6.42 Å². The molecule has 0 saturated carbocycles. The summed E-state index contributed by atoms with van der Waals surface area (Å²) in [5, 5.41) is 0. The van der Waals surface area contributed by atoms with Crippen LogP contribution in [0.25, 0.3) is 0 Å². The highest BCUT2D eigenvalue weighted by molar-refractivity contribution is 5.34. The fraction of sp³-hybridized carbons (Fsp3) is 0.400. The summed E-state index contributed by atoms with van der Waals surface area (Å²) < 4.78 is 18.7. The summed E-state index contributed by atoms with van der Waals surface area (Å²) >= 11 is 0. The van der Waals surface area contributed by atoms with E-state index in [1.807, 2.05) is 12.1 Å². The van der Waals surface area contributed by atoms with Crippen molar-refractivity contribution in [2.75, 3.05) is 0 Å². The van der Waals surface area contributed by atoms with Gasteiger partial charge < -0.3 is 4.74 Å². The maximum absolute atomic E-state index is 12.9. The SMILES string of the molecule is CCC(CC)CCCc1cccc(Oc2ccc(F)cc2)c1. The monoisotopic (exact) mass is 300 g/mol. The van der Waals surface area contributed by atoms with Gasteiger partial charge in [0.25, 0.3) is 0 Å². The van der Waals surface area contributed by atoms with Crippen LogP contribution in [0.1, 0.15) is 45.1 Å². The van der Waals surface area contributed by atoms with Gasteiger partial charge >= 0.3 is 0 Å². The van der Waals surface area contributed by atoms with Gasteiger partial charge in [-0.1, -0.05) is 45.2 Å². The Bertz CT molecular complexity index is 558. The number of hydrogen-bond donors (Lipinski definition) is 0. The molecule has 0 atom stereocenters. The first-order valence-electron chi connectivity index (χ1n) is 8.23. The van der Waals surface area contributed by atoms with Gasteiger partial charge in [0, 0.05) is 0 Å². The lowest BCUT2D eigenvalue weighted by Crippen LogP contribution is -1.98. The summed E-state index contributed by atoms with van der Waals surface area (Å²) in [6.07, 6.45) is 6.12. The van der Waals surface area contributed by atoms with Crippen molar-refractivity contribution in [3.8, 4) is 11.5 Å². The van der Waals surface area contributed by atoms with Crippen LogP contribution in [0.4, 0.5) is 4.39 Å². The van der Waals surface area contributed by atoms with Crippen LogP contribution in [0.3, 0.4) is 0 Å². The van der Waals surface area contributed by atoms with E-state index in [-0.39, 0.29) is 5.82 Å². The highest BCUT2D eigenvalue weighted by atomic mass is 19.1. The van der Waals surface area contributed by atoms with Crippen molar-refractivity contribution in [2.24, 2.45) is 5.92 Å². The van der Waals surface area contributed by atoms with E-state index < -0.39 is 0 Å². The summed E-state index contributed by atoms with van der Waals surface area (Å²) in [4.78, 5) is 0. The number of benzene rings is 2. The molecule has 0 aliphatic heterocycles. The minimum Gasteiger partial charge on any atom is -0.457 e. The lowest BCUT2D eigenvalue weighted by molar-refractivity contribution is 0.440. The van der Waals surface area contributed by atoms with Gasteiger partial charge in [-0.25, -0.2) is 4.39 Å². The summed E-state index contributed by atoms with van der Waals surface area (Å²) in [5.74, 6) is 2.07. The molecule has 118 valence electrons. The van der Waals surface area contributed by atoms with Crippen molar-refractivity contribution in [1.29, 1.82) is 0 Å². The molecule has 2 aromatic carbocycles. The fourth-order valence-electron chi connectivity index (χ4n) is 2.69. The molecule has 0 saturated heterocycles. The molecular formula is C20H25FO. The first-order valence-corrected chi connectivity index (χ1v) is 8.23. The maximum atomic E-state index is 12.9. The predicted octanol–water partition coefficient (Wildman–Crippen LogP) is 6.38.